The number of benzene rings is 1. The van der Waals surface area contributed by atoms with Gasteiger partial charge in [0.1, 0.15) is 5.82 Å². The molecule has 2 aliphatic rings. The van der Waals surface area contributed by atoms with E-state index in [4.69, 9.17) is 0 Å². The Balaban J connectivity index is 1.58. The van der Waals surface area contributed by atoms with Gasteiger partial charge in [-0.05, 0) is 82.7 Å². The summed E-state index contributed by atoms with van der Waals surface area (Å²) in [5.74, 6) is -0.666. The number of carbonyl (C=O) groups is 1. The number of aryl methyl sites for hydroxylation is 1. The summed E-state index contributed by atoms with van der Waals surface area (Å²) in [6.45, 7) is 8.07. The lowest BCUT2D eigenvalue weighted by atomic mass is 9.69. The predicted octanol–water partition coefficient (Wildman–Crippen LogP) is 2.99. The number of hydrogen-bond acceptors (Lipinski definition) is 4. The Morgan fingerprint density at radius 1 is 1.17 bits per heavy atom. The second-order valence-electron chi connectivity index (χ2n) is 9.39. The number of carbonyl (C=O) groups excluding carboxylic acids is 1. The van der Waals surface area contributed by atoms with Gasteiger partial charge in [0.2, 0.25) is 15.9 Å². The molecule has 0 radical (unpaired) electrons. The fourth-order valence-corrected chi connectivity index (χ4v) is 6.08. The highest BCUT2D eigenvalue weighted by Gasteiger charge is 2.47. The van der Waals surface area contributed by atoms with Crippen molar-refractivity contribution in [3.8, 4) is 0 Å². The molecule has 1 aromatic carbocycles. The molecular weight excluding hydrogens is 393 g/mol. The van der Waals surface area contributed by atoms with E-state index in [1.807, 2.05) is 20.8 Å². The lowest BCUT2D eigenvalue weighted by Crippen LogP contribution is -2.58. The van der Waals surface area contributed by atoms with Crippen LogP contribution in [0.2, 0.25) is 0 Å². The van der Waals surface area contributed by atoms with Crippen molar-refractivity contribution >= 4 is 21.6 Å². The van der Waals surface area contributed by atoms with E-state index in [0.29, 0.717) is 6.54 Å². The van der Waals surface area contributed by atoms with Gasteiger partial charge in [0.15, 0.2) is 0 Å². The van der Waals surface area contributed by atoms with E-state index in [0.717, 1.165) is 44.3 Å². The molecule has 0 aromatic heterocycles. The van der Waals surface area contributed by atoms with Crippen LogP contribution >= 0.6 is 0 Å². The van der Waals surface area contributed by atoms with Crippen LogP contribution in [-0.2, 0) is 14.8 Å². The number of amides is 1. The molecule has 8 heteroatoms. The van der Waals surface area contributed by atoms with Gasteiger partial charge >= 0.3 is 0 Å². The van der Waals surface area contributed by atoms with Crippen LogP contribution < -0.4 is 5.32 Å². The van der Waals surface area contributed by atoms with Crippen LogP contribution in [-0.4, -0.2) is 61.5 Å². The molecule has 0 aliphatic carbocycles. The van der Waals surface area contributed by atoms with Crippen molar-refractivity contribution in [2.75, 3.05) is 37.8 Å². The molecule has 1 N–H and O–H groups in total. The number of likely N-dealkylation sites (tertiary alicyclic amines) is 1. The number of rotatable bonds is 4. The van der Waals surface area contributed by atoms with Crippen molar-refractivity contribution in [1.82, 2.24) is 9.21 Å². The SMILES string of the molecule is Cc1ccc(F)c(NC(=O)CN2CCC3(CC2)CCC(C)(C)N(S(C)(=O)=O)C3)c1. The molecule has 6 nitrogen and oxygen atoms in total. The zero-order valence-corrected chi connectivity index (χ0v) is 18.6. The van der Waals surface area contributed by atoms with Gasteiger partial charge in [0.25, 0.3) is 0 Å². The predicted molar refractivity (Wildman–Crippen MR) is 113 cm³/mol. The van der Waals surface area contributed by atoms with Gasteiger partial charge in [-0.1, -0.05) is 6.07 Å². The molecule has 3 rings (SSSR count). The van der Waals surface area contributed by atoms with Crippen LogP contribution in [0.5, 0.6) is 0 Å². The summed E-state index contributed by atoms with van der Waals surface area (Å²) in [4.78, 5) is 14.4. The van der Waals surface area contributed by atoms with Crippen LogP contribution in [0.3, 0.4) is 0 Å². The summed E-state index contributed by atoms with van der Waals surface area (Å²) in [5, 5.41) is 2.66. The van der Waals surface area contributed by atoms with Crippen LogP contribution in [0.1, 0.15) is 45.1 Å². The largest absolute Gasteiger partial charge is 0.322 e. The van der Waals surface area contributed by atoms with Crippen molar-refractivity contribution in [2.24, 2.45) is 5.41 Å². The van der Waals surface area contributed by atoms with Gasteiger partial charge in [-0.15, -0.1) is 0 Å². The second kappa shape index (κ2) is 7.96. The van der Waals surface area contributed by atoms with Crippen molar-refractivity contribution in [3.05, 3.63) is 29.6 Å². The van der Waals surface area contributed by atoms with Crippen LogP contribution in [0.25, 0.3) is 0 Å². The first-order chi connectivity index (χ1) is 13.4. The molecule has 29 heavy (non-hydrogen) atoms. The Morgan fingerprint density at radius 2 is 1.83 bits per heavy atom. The van der Waals surface area contributed by atoms with E-state index in [1.165, 1.54) is 12.3 Å². The van der Waals surface area contributed by atoms with Crippen LogP contribution in [0.4, 0.5) is 10.1 Å². The summed E-state index contributed by atoms with van der Waals surface area (Å²) < 4.78 is 40.1. The molecule has 0 atom stereocenters. The van der Waals surface area contributed by atoms with E-state index in [1.54, 1.807) is 16.4 Å². The third kappa shape index (κ3) is 5.16. The van der Waals surface area contributed by atoms with E-state index in [-0.39, 0.29) is 29.1 Å². The molecule has 1 amide bonds. The van der Waals surface area contributed by atoms with Gasteiger partial charge in [-0.2, -0.15) is 4.31 Å². The van der Waals surface area contributed by atoms with Crippen LogP contribution in [0.15, 0.2) is 18.2 Å². The lowest BCUT2D eigenvalue weighted by Gasteiger charge is -2.52. The number of nitrogens with zero attached hydrogens (tertiary/aromatic N) is 2. The summed E-state index contributed by atoms with van der Waals surface area (Å²) in [6, 6.07) is 4.65. The van der Waals surface area contributed by atoms with Gasteiger partial charge in [-0.25, -0.2) is 12.8 Å². The Kier molecular flexibility index (Phi) is 6.09. The molecule has 1 aromatic rings. The smallest absolute Gasteiger partial charge is 0.238 e. The number of halogens is 1. The Morgan fingerprint density at radius 3 is 2.45 bits per heavy atom. The minimum absolute atomic E-state index is 0.0196. The second-order valence-corrected chi connectivity index (χ2v) is 11.3. The van der Waals surface area contributed by atoms with Gasteiger partial charge in [-0.3, -0.25) is 9.69 Å². The van der Waals surface area contributed by atoms with Crippen molar-refractivity contribution in [2.45, 2.75) is 52.0 Å². The lowest BCUT2D eigenvalue weighted by molar-refractivity contribution is -0.118. The first-order valence-electron chi connectivity index (χ1n) is 10.2. The monoisotopic (exact) mass is 425 g/mol. The molecule has 162 valence electrons. The molecule has 2 aliphatic heterocycles. The average molecular weight is 426 g/mol. The van der Waals surface area contributed by atoms with E-state index < -0.39 is 15.8 Å². The number of sulfonamides is 1. The molecule has 0 unspecified atom stereocenters. The molecule has 0 saturated carbocycles. The quantitative estimate of drug-likeness (QED) is 0.805. The summed E-state index contributed by atoms with van der Waals surface area (Å²) in [6.07, 6.45) is 4.85. The van der Waals surface area contributed by atoms with E-state index >= 15 is 0 Å². The third-order valence-electron chi connectivity index (χ3n) is 6.50. The number of piperidine rings is 2. The number of anilines is 1. The minimum atomic E-state index is -3.26. The van der Waals surface area contributed by atoms with Gasteiger partial charge in [0.05, 0.1) is 18.5 Å². The molecule has 2 fully saturated rings. The molecule has 0 bridgehead atoms. The summed E-state index contributed by atoms with van der Waals surface area (Å²) in [5.41, 5.74) is 0.723. The first-order valence-corrected chi connectivity index (χ1v) is 12.0. The minimum Gasteiger partial charge on any atom is -0.322 e. The maximum absolute atomic E-state index is 13.9. The Bertz CT molecular complexity index is 877. The Labute approximate surface area is 173 Å². The van der Waals surface area contributed by atoms with Crippen molar-refractivity contribution in [3.63, 3.8) is 0 Å². The molecule has 2 heterocycles. The number of hydrogen-bond donors (Lipinski definition) is 1. The standard InChI is InChI=1S/C21H32FN3O3S/c1-16-5-6-17(22)18(13-16)23-19(26)14-24-11-9-21(10-12-24)8-7-20(2,3)25(15-21)29(4,27)28/h5-6,13H,7-12,14-15H2,1-4H3,(H,23,26). The number of nitrogens with one attached hydrogen (secondary N) is 1. The fraction of sp³-hybridized carbons (Fsp3) is 0.667. The van der Waals surface area contributed by atoms with Gasteiger partial charge < -0.3 is 5.32 Å². The first kappa shape index (κ1) is 22.2. The van der Waals surface area contributed by atoms with Crippen molar-refractivity contribution < 1.29 is 17.6 Å². The normalized spacial score (nSPS) is 22.5. The average Bonchev–Trinajstić information content (AvgIpc) is 2.61. The molecule has 2 saturated heterocycles. The summed E-state index contributed by atoms with van der Waals surface area (Å²) in [7, 11) is -3.26. The maximum Gasteiger partial charge on any atom is 0.238 e. The fourth-order valence-electron chi connectivity index (χ4n) is 4.58. The van der Waals surface area contributed by atoms with E-state index in [2.05, 4.69) is 10.2 Å². The highest BCUT2D eigenvalue weighted by atomic mass is 32.2. The molecule has 1 spiro atoms. The maximum atomic E-state index is 13.9. The highest BCUT2D eigenvalue weighted by molar-refractivity contribution is 7.88. The topological polar surface area (TPSA) is 69.7 Å². The Hall–Kier alpha value is -1.51. The molecular formula is C21H32FN3O3S. The highest BCUT2D eigenvalue weighted by Crippen LogP contribution is 2.45. The van der Waals surface area contributed by atoms with Crippen LogP contribution in [0, 0.1) is 18.2 Å². The van der Waals surface area contributed by atoms with E-state index in [9.17, 15) is 17.6 Å². The van der Waals surface area contributed by atoms with Gasteiger partial charge in [0, 0.05) is 12.1 Å². The van der Waals surface area contributed by atoms with Crippen molar-refractivity contribution in [1.29, 1.82) is 0 Å². The summed E-state index contributed by atoms with van der Waals surface area (Å²) >= 11 is 0. The zero-order valence-electron chi connectivity index (χ0n) is 17.8. The zero-order chi connectivity index (χ0) is 21.4. The third-order valence-corrected chi connectivity index (χ3v) is 7.93.